The van der Waals surface area contributed by atoms with E-state index in [1.807, 2.05) is 26.8 Å². The molecule has 31 heavy (non-hydrogen) atoms. The van der Waals surface area contributed by atoms with E-state index in [9.17, 15) is 18.0 Å². The molecule has 1 unspecified atom stereocenters. The number of nitrogens with one attached hydrogen (secondary N) is 3. The average molecular weight is 444 g/mol. The van der Waals surface area contributed by atoms with Crippen LogP contribution in [0.4, 0.5) is 5.69 Å². The molecule has 2 aromatic carbocycles. The zero-order chi connectivity index (χ0) is 23.0. The van der Waals surface area contributed by atoms with Gasteiger partial charge in [0.2, 0.25) is 15.9 Å². The molecule has 0 saturated heterocycles. The van der Waals surface area contributed by atoms with Gasteiger partial charge < -0.3 is 10.6 Å². The van der Waals surface area contributed by atoms with E-state index in [-0.39, 0.29) is 30.0 Å². The Morgan fingerprint density at radius 1 is 1.10 bits per heavy atom. The van der Waals surface area contributed by atoms with E-state index < -0.39 is 16.1 Å². The van der Waals surface area contributed by atoms with Crippen molar-refractivity contribution in [1.82, 2.24) is 10.0 Å². The summed E-state index contributed by atoms with van der Waals surface area (Å²) in [5.41, 5.74) is 2.55. The third kappa shape index (κ3) is 7.66. The molecule has 2 rings (SSSR count). The van der Waals surface area contributed by atoms with E-state index in [1.165, 1.54) is 6.08 Å². The Labute approximate surface area is 184 Å². The molecule has 2 aromatic rings. The number of hydrogen-bond donors (Lipinski definition) is 3. The maximum absolute atomic E-state index is 12.8. The van der Waals surface area contributed by atoms with Gasteiger partial charge in [-0.25, -0.2) is 13.1 Å². The molecule has 7 nitrogen and oxygen atoms in total. The lowest BCUT2D eigenvalue weighted by Crippen LogP contribution is -2.47. The van der Waals surface area contributed by atoms with Gasteiger partial charge in [-0.1, -0.05) is 49.8 Å². The van der Waals surface area contributed by atoms with Gasteiger partial charge in [0.1, 0.15) is 6.04 Å². The summed E-state index contributed by atoms with van der Waals surface area (Å²) >= 11 is 0. The Bertz CT molecular complexity index is 1030. The fourth-order valence-corrected chi connectivity index (χ4v) is 4.01. The highest BCUT2D eigenvalue weighted by Crippen LogP contribution is 2.14. The molecule has 0 aliphatic heterocycles. The summed E-state index contributed by atoms with van der Waals surface area (Å²) in [6.07, 6.45) is 1.47. The van der Waals surface area contributed by atoms with Crippen LogP contribution in [0.15, 0.2) is 61.2 Å². The summed E-state index contributed by atoms with van der Waals surface area (Å²) in [6, 6.07) is 13.0. The second-order valence-corrected chi connectivity index (χ2v) is 9.45. The number of carbonyl (C=O) groups is 2. The topological polar surface area (TPSA) is 104 Å². The number of carbonyl (C=O) groups excluding carboxylic acids is 2. The molecule has 0 saturated carbocycles. The molecule has 2 amide bonds. The van der Waals surface area contributed by atoms with Crippen molar-refractivity contribution in [2.75, 3.05) is 11.9 Å². The highest BCUT2D eigenvalue weighted by atomic mass is 32.2. The molecule has 0 heterocycles. The van der Waals surface area contributed by atoms with Crippen LogP contribution in [0, 0.1) is 12.8 Å². The highest BCUT2D eigenvalue weighted by Gasteiger charge is 2.25. The summed E-state index contributed by atoms with van der Waals surface area (Å²) in [5.74, 6) is -0.959. The second kappa shape index (κ2) is 10.9. The number of aryl methyl sites for hydroxylation is 1. The van der Waals surface area contributed by atoms with E-state index in [1.54, 1.807) is 42.5 Å². The zero-order valence-electron chi connectivity index (χ0n) is 18.0. The molecule has 0 fully saturated rings. The van der Waals surface area contributed by atoms with Crippen molar-refractivity contribution in [2.24, 2.45) is 5.92 Å². The molecule has 0 aliphatic rings. The first-order valence-electron chi connectivity index (χ1n) is 9.97. The smallest absolute Gasteiger partial charge is 0.251 e. The minimum absolute atomic E-state index is 0.130. The minimum Gasteiger partial charge on any atom is -0.340 e. The van der Waals surface area contributed by atoms with Crippen molar-refractivity contribution < 1.29 is 18.0 Å². The summed E-state index contributed by atoms with van der Waals surface area (Å²) in [6.45, 7) is 9.25. The standard InChI is InChI=1S/C23H29N3O4S/c1-5-13-24-31(29,30)15-18-9-11-20(12-10-18)25-23(28)21(16(2)3)26-22(27)19-8-6-7-17(4)14-19/h5-12,14,16,21,24H,1,13,15H2,2-4H3,(H,25,28)(H,26,27). The van der Waals surface area contributed by atoms with Crippen molar-refractivity contribution in [3.63, 3.8) is 0 Å². The second-order valence-electron chi connectivity index (χ2n) is 7.65. The van der Waals surface area contributed by atoms with E-state index >= 15 is 0 Å². The van der Waals surface area contributed by atoms with Crippen molar-refractivity contribution in [3.8, 4) is 0 Å². The summed E-state index contributed by atoms with van der Waals surface area (Å²) < 4.78 is 26.3. The lowest BCUT2D eigenvalue weighted by molar-refractivity contribution is -0.118. The van der Waals surface area contributed by atoms with E-state index in [2.05, 4.69) is 21.9 Å². The van der Waals surface area contributed by atoms with Crippen molar-refractivity contribution >= 4 is 27.5 Å². The SMILES string of the molecule is C=CCNS(=O)(=O)Cc1ccc(NC(=O)C(NC(=O)c2cccc(C)c2)C(C)C)cc1. The minimum atomic E-state index is -3.46. The first kappa shape index (κ1) is 24.3. The van der Waals surface area contributed by atoms with Gasteiger partial charge in [-0.3, -0.25) is 9.59 Å². The van der Waals surface area contributed by atoms with Crippen molar-refractivity contribution in [1.29, 1.82) is 0 Å². The Hall–Kier alpha value is -2.97. The molecule has 8 heteroatoms. The first-order valence-corrected chi connectivity index (χ1v) is 11.6. The van der Waals surface area contributed by atoms with Crippen LogP contribution in [0.1, 0.15) is 35.3 Å². The molecule has 166 valence electrons. The number of benzene rings is 2. The quantitative estimate of drug-likeness (QED) is 0.491. The molecule has 1 atom stereocenters. The average Bonchev–Trinajstić information content (AvgIpc) is 2.71. The Morgan fingerprint density at radius 3 is 2.35 bits per heavy atom. The van der Waals surface area contributed by atoms with Gasteiger partial charge in [0.25, 0.3) is 5.91 Å². The zero-order valence-corrected chi connectivity index (χ0v) is 18.8. The van der Waals surface area contributed by atoms with Crippen LogP contribution < -0.4 is 15.4 Å². The third-order valence-electron chi connectivity index (χ3n) is 4.54. The van der Waals surface area contributed by atoms with Crippen LogP contribution in [0.3, 0.4) is 0 Å². The van der Waals surface area contributed by atoms with Gasteiger partial charge in [0.15, 0.2) is 0 Å². The van der Waals surface area contributed by atoms with E-state index in [0.717, 1.165) is 5.56 Å². The molecule has 0 aromatic heterocycles. The maximum Gasteiger partial charge on any atom is 0.251 e. The fraction of sp³-hybridized carbons (Fsp3) is 0.304. The van der Waals surface area contributed by atoms with Crippen LogP contribution >= 0.6 is 0 Å². The first-order chi connectivity index (χ1) is 14.6. The monoisotopic (exact) mass is 443 g/mol. The molecule has 0 aliphatic carbocycles. The van der Waals surface area contributed by atoms with Gasteiger partial charge in [-0.05, 0) is 42.7 Å². The van der Waals surface area contributed by atoms with Gasteiger partial charge in [0, 0.05) is 17.8 Å². The molecule has 0 bridgehead atoms. The lowest BCUT2D eigenvalue weighted by Gasteiger charge is -2.22. The van der Waals surface area contributed by atoms with Gasteiger partial charge >= 0.3 is 0 Å². The number of anilines is 1. The van der Waals surface area contributed by atoms with Gasteiger partial charge in [-0.2, -0.15) is 0 Å². The third-order valence-corrected chi connectivity index (χ3v) is 5.86. The Morgan fingerprint density at radius 2 is 1.77 bits per heavy atom. The normalized spacial score (nSPS) is 12.3. The molecule has 0 spiro atoms. The highest BCUT2D eigenvalue weighted by molar-refractivity contribution is 7.88. The van der Waals surface area contributed by atoms with Crippen molar-refractivity contribution in [2.45, 2.75) is 32.6 Å². The summed E-state index contributed by atoms with van der Waals surface area (Å²) in [4.78, 5) is 25.3. The Kier molecular flexibility index (Phi) is 8.53. The molecule has 3 N–H and O–H groups in total. The van der Waals surface area contributed by atoms with Crippen molar-refractivity contribution in [3.05, 3.63) is 77.9 Å². The number of hydrogen-bond acceptors (Lipinski definition) is 4. The van der Waals surface area contributed by atoms with Gasteiger partial charge in [0.05, 0.1) is 5.75 Å². The number of rotatable bonds is 10. The Balaban J connectivity index is 2.03. The summed E-state index contributed by atoms with van der Waals surface area (Å²) in [7, 11) is -3.46. The molecular formula is C23H29N3O4S. The lowest BCUT2D eigenvalue weighted by atomic mass is 10.0. The van der Waals surface area contributed by atoms with Crippen LogP contribution in [-0.2, 0) is 20.6 Å². The van der Waals surface area contributed by atoms with E-state index in [4.69, 9.17) is 0 Å². The predicted octanol–water partition coefficient (Wildman–Crippen LogP) is 2.99. The van der Waals surface area contributed by atoms with Crippen LogP contribution in [0.2, 0.25) is 0 Å². The maximum atomic E-state index is 12.8. The predicted molar refractivity (Wildman–Crippen MR) is 123 cm³/mol. The van der Waals surface area contributed by atoms with Crippen LogP contribution in [0.25, 0.3) is 0 Å². The molecule has 0 radical (unpaired) electrons. The fourth-order valence-electron chi connectivity index (χ4n) is 2.91. The van der Waals surface area contributed by atoms with Crippen LogP contribution in [0.5, 0.6) is 0 Å². The number of amides is 2. The largest absolute Gasteiger partial charge is 0.340 e. The van der Waals surface area contributed by atoms with Crippen LogP contribution in [-0.4, -0.2) is 32.8 Å². The van der Waals surface area contributed by atoms with E-state index in [0.29, 0.717) is 16.8 Å². The molecular weight excluding hydrogens is 414 g/mol. The van der Waals surface area contributed by atoms with Gasteiger partial charge in [-0.15, -0.1) is 6.58 Å². The summed E-state index contributed by atoms with van der Waals surface area (Å²) in [5, 5.41) is 5.58. The number of sulfonamides is 1.